The summed E-state index contributed by atoms with van der Waals surface area (Å²) in [6, 6.07) is 17.7. The van der Waals surface area contributed by atoms with Crippen molar-refractivity contribution in [2.24, 2.45) is 0 Å². The van der Waals surface area contributed by atoms with Gasteiger partial charge >= 0.3 is 0 Å². The van der Waals surface area contributed by atoms with Gasteiger partial charge in [0, 0.05) is 12.1 Å². The van der Waals surface area contributed by atoms with E-state index in [0.29, 0.717) is 29.8 Å². The van der Waals surface area contributed by atoms with Gasteiger partial charge in [-0.05, 0) is 36.8 Å². The summed E-state index contributed by atoms with van der Waals surface area (Å²) in [6.45, 7) is 2.54. The molecule has 4 rings (SSSR count). The van der Waals surface area contributed by atoms with Gasteiger partial charge in [0.05, 0.1) is 0 Å². The van der Waals surface area contributed by atoms with Crippen LogP contribution in [-0.2, 0) is 6.54 Å². The Morgan fingerprint density at radius 3 is 2.41 bits per heavy atom. The van der Waals surface area contributed by atoms with E-state index < -0.39 is 0 Å². The molecule has 0 fully saturated rings. The molecule has 6 nitrogen and oxygen atoms in total. The third-order valence-electron chi connectivity index (χ3n) is 4.01. The van der Waals surface area contributed by atoms with Gasteiger partial charge in [0.25, 0.3) is 5.89 Å². The Labute approximate surface area is 155 Å². The summed E-state index contributed by atoms with van der Waals surface area (Å²) in [5, 5.41) is 15.4. The maximum absolute atomic E-state index is 12.9. The fourth-order valence-electron chi connectivity index (χ4n) is 2.48. The zero-order valence-corrected chi connectivity index (χ0v) is 14.6. The molecule has 4 aromatic rings. The molecule has 2 heterocycles. The second-order valence-corrected chi connectivity index (χ2v) is 6.07. The van der Waals surface area contributed by atoms with Crippen LogP contribution in [0.3, 0.4) is 0 Å². The van der Waals surface area contributed by atoms with Gasteiger partial charge in [0.2, 0.25) is 5.82 Å². The smallest absolute Gasteiger partial charge is 0.278 e. The lowest BCUT2D eigenvalue weighted by atomic mass is 10.1. The molecule has 2 aromatic heterocycles. The number of nitrogens with zero attached hydrogens (tertiary/aromatic N) is 4. The Bertz CT molecular complexity index is 1030. The van der Waals surface area contributed by atoms with Crippen LogP contribution in [0.2, 0.25) is 0 Å². The van der Waals surface area contributed by atoms with Crippen LogP contribution in [0.4, 0.5) is 10.2 Å². The van der Waals surface area contributed by atoms with Crippen molar-refractivity contribution in [3.63, 3.8) is 0 Å². The van der Waals surface area contributed by atoms with E-state index in [1.807, 2.05) is 31.2 Å². The molecule has 1 N–H and O–H groups in total. The van der Waals surface area contributed by atoms with Gasteiger partial charge in [-0.15, -0.1) is 10.2 Å². The SMILES string of the molecule is Cc1ccc(-c2noc(-c3ccc(NCc4ccc(F)cc4)nn3)n2)cc1. The molecule has 0 aliphatic heterocycles. The quantitative estimate of drug-likeness (QED) is 0.572. The molecule has 0 radical (unpaired) electrons. The third kappa shape index (κ3) is 3.98. The summed E-state index contributed by atoms with van der Waals surface area (Å²) in [5.41, 5.74) is 3.48. The van der Waals surface area contributed by atoms with Crippen LogP contribution in [-0.4, -0.2) is 20.3 Å². The van der Waals surface area contributed by atoms with E-state index in [4.69, 9.17) is 4.52 Å². The van der Waals surface area contributed by atoms with Crippen LogP contribution in [0.1, 0.15) is 11.1 Å². The molecule has 134 valence electrons. The first kappa shape index (κ1) is 16.8. The van der Waals surface area contributed by atoms with Crippen LogP contribution in [0.25, 0.3) is 23.0 Å². The van der Waals surface area contributed by atoms with E-state index >= 15 is 0 Å². The van der Waals surface area contributed by atoms with Crippen LogP contribution in [0.5, 0.6) is 0 Å². The topological polar surface area (TPSA) is 76.7 Å². The predicted molar refractivity (Wildman–Crippen MR) is 99.2 cm³/mol. The number of halogens is 1. The molecule has 2 aromatic carbocycles. The number of rotatable bonds is 5. The van der Waals surface area contributed by atoms with Gasteiger partial charge in [-0.3, -0.25) is 0 Å². The maximum atomic E-state index is 12.9. The molecule has 0 amide bonds. The largest absolute Gasteiger partial charge is 0.365 e. The number of nitrogens with one attached hydrogen (secondary N) is 1. The molecule has 0 spiro atoms. The summed E-state index contributed by atoms with van der Waals surface area (Å²) in [7, 11) is 0. The number of aromatic nitrogens is 4. The zero-order chi connectivity index (χ0) is 18.6. The molecule has 27 heavy (non-hydrogen) atoms. The van der Waals surface area contributed by atoms with E-state index in [-0.39, 0.29) is 5.82 Å². The number of anilines is 1. The van der Waals surface area contributed by atoms with Crippen molar-refractivity contribution in [2.45, 2.75) is 13.5 Å². The highest BCUT2D eigenvalue weighted by atomic mass is 19.1. The molecular weight excluding hydrogens is 345 g/mol. The van der Waals surface area contributed by atoms with Gasteiger partial charge in [0.15, 0.2) is 5.69 Å². The third-order valence-corrected chi connectivity index (χ3v) is 4.01. The molecule has 0 aliphatic carbocycles. The van der Waals surface area contributed by atoms with Crippen LogP contribution in [0.15, 0.2) is 65.2 Å². The van der Waals surface area contributed by atoms with Gasteiger partial charge in [-0.25, -0.2) is 4.39 Å². The van der Waals surface area contributed by atoms with Crippen molar-refractivity contribution in [1.82, 2.24) is 20.3 Å². The van der Waals surface area contributed by atoms with Crippen molar-refractivity contribution < 1.29 is 8.91 Å². The van der Waals surface area contributed by atoms with Gasteiger partial charge < -0.3 is 9.84 Å². The van der Waals surface area contributed by atoms with E-state index in [1.165, 1.54) is 12.1 Å². The van der Waals surface area contributed by atoms with E-state index in [0.717, 1.165) is 16.7 Å². The van der Waals surface area contributed by atoms with Crippen molar-refractivity contribution >= 4 is 5.82 Å². The molecule has 0 bridgehead atoms. The predicted octanol–water partition coefficient (Wildman–Crippen LogP) is 4.25. The van der Waals surface area contributed by atoms with Crippen molar-refractivity contribution in [1.29, 1.82) is 0 Å². The van der Waals surface area contributed by atoms with Crippen molar-refractivity contribution in [3.05, 3.63) is 77.6 Å². The average molecular weight is 361 g/mol. The first-order chi connectivity index (χ1) is 13.2. The molecule has 0 saturated carbocycles. The summed E-state index contributed by atoms with van der Waals surface area (Å²) >= 11 is 0. The second kappa shape index (κ2) is 7.33. The minimum atomic E-state index is -0.257. The average Bonchev–Trinajstić information content (AvgIpc) is 3.19. The van der Waals surface area contributed by atoms with Crippen LogP contribution < -0.4 is 5.32 Å². The zero-order valence-electron chi connectivity index (χ0n) is 14.6. The van der Waals surface area contributed by atoms with Crippen molar-refractivity contribution in [2.75, 3.05) is 5.32 Å². The second-order valence-electron chi connectivity index (χ2n) is 6.07. The molecule has 0 aliphatic rings. The Morgan fingerprint density at radius 1 is 0.926 bits per heavy atom. The maximum Gasteiger partial charge on any atom is 0.278 e. The summed E-state index contributed by atoms with van der Waals surface area (Å²) in [4.78, 5) is 4.38. The standard InChI is InChI=1S/C20H16FN5O/c1-13-2-6-15(7-3-13)19-23-20(27-26-19)17-10-11-18(25-24-17)22-12-14-4-8-16(21)9-5-14/h2-11H,12H2,1H3,(H,22,25). The first-order valence-electron chi connectivity index (χ1n) is 8.40. The molecule has 0 unspecified atom stereocenters. The van der Waals surface area contributed by atoms with Crippen LogP contribution in [0, 0.1) is 12.7 Å². The van der Waals surface area contributed by atoms with Crippen molar-refractivity contribution in [3.8, 4) is 23.0 Å². The monoisotopic (exact) mass is 361 g/mol. The Hall–Kier alpha value is -3.61. The molecule has 7 heteroatoms. The van der Waals surface area contributed by atoms with E-state index in [2.05, 4.69) is 25.7 Å². The van der Waals surface area contributed by atoms with E-state index in [1.54, 1.807) is 24.3 Å². The fourth-order valence-corrected chi connectivity index (χ4v) is 2.48. The summed E-state index contributed by atoms with van der Waals surface area (Å²) < 4.78 is 18.2. The highest BCUT2D eigenvalue weighted by Gasteiger charge is 2.12. The Morgan fingerprint density at radius 2 is 1.70 bits per heavy atom. The summed E-state index contributed by atoms with van der Waals surface area (Å²) in [5.74, 6) is 1.15. The lowest BCUT2D eigenvalue weighted by molar-refractivity contribution is 0.430. The highest BCUT2D eigenvalue weighted by molar-refractivity contribution is 5.58. The van der Waals surface area contributed by atoms with Gasteiger partial charge in [0.1, 0.15) is 11.6 Å². The first-order valence-corrected chi connectivity index (χ1v) is 8.40. The number of hydrogen-bond donors (Lipinski definition) is 1. The minimum absolute atomic E-state index is 0.257. The minimum Gasteiger partial charge on any atom is -0.365 e. The molecule has 0 saturated heterocycles. The molecular formula is C20H16FN5O. The van der Waals surface area contributed by atoms with Gasteiger partial charge in [-0.1, -0.05) is 47.1 Å². The number of benzene rings is 2. The lowest BCUT2D eigenvalue weighted by Gasteiger charge is -2.05. The Balaban J connectivity index is 1.44. The van der Waals surface area contributed by atoms with Gasteiger partial charge in [-0.2, -0.15) is 4.98 Å². The number of aryl methyl sites for hydroxylation is 1. The summed E-state index contributed by atoms with van der Waals surface area (Å²) in [6.07, 6.45) is 0. The highest BCUT2D eigenvalue weighted by Crippen LogP contribution is 2.21. The normalized spacial score (nSPS) is 10.7. The fraction of sp³-hybridized carbons (Fsp3) is 0.100. The Kier molecular flexibility index (Phi) is 4.57. The molecule has 0 atom stereocenters. The van der Waals surface area contributed by atoms with Crippen LogP contribution >= 0.6 is 0 Å². The number of hydrogen-bond acceptors (Lipinski definition) is 6. The van der Waals surface area contributed by atoms with E-state index in [9.17, 15) is 4.39 Å². The lowest BCUT2D eigenvalue weighted by Crippen LogP contribution is -2.02.